The Kier molecular flexibility index (Phi) is 4.86. The lowest BCUT2D eigenvalue weighted by Crippen LogP contribution is -2.25. The largest absolute Gasteiger partial charge is 0.325 e. The highest BCUT2D eigenvalue weighted by Gasteiger charge is 2.27. The van der Waals surface area contributed by atoms with Gasteiger partial charge in [-0.25, -0.2) is 18.1 Å². The average molecular weight is 399 g/mol. The number of rotatable bonds is 7. The van der Waals surface area contributed by atoms with Crippen molar-refractivity contribution in [1.29, 1.82) is 0 Å². The number of anilines is 1. The van der Waals surface area contributed by atoms with E-state index in [1.54, 1.807) is 30.5 Å². The van der Waals surface area contributed by atoms with E-state index in [0.29, 0.717) is 17.8 Å². The number of hydrogen-bond acceptors (Lipinski definition) is 5. The SMILES string of the molecule is Cc1[nH]nc2ncc(NC(=O)CCc3ccc(S(=O)(=O)NC4CC4)cc3)cc12. The quantitative estimate of drug-likeness (QED) is 0.563. The molecule has 1 fully saturated rings. The molecule has 146 valence electrons. The second-order valence-corrected chi connectivity index (χ2v) is 8.75. The van der Waals surface area contributed by atoms with Gasteiger partial charge in [-0.05, 0) is 49.9 Å². The van der Waals surface area contributed by atoms with E-state index in [4.69, 9.17) is 0 Å². The van der Waals surface area contributed by atoms with E-state index in [1.165, 1.54) is 0 Å². The summed E-state index contributed by atoms with van der Waals surface area (Å²) in [5, 5.41) is 10.6. The molecule has 1 amide bonds. The Bertz CT molecular complexity index is 1120. The van der Waals surface area contributed by atoms with Crippen molar-refractivity contribution in [3.63, 3.8) is 0 Å². The normalized spacial score (nSPS) is 14.3. The topological polar surface area (TPSA) is 117 Å². The second kappa shape index (κ2) is 7.33. The van der Waals surface area contributed by atoms with E-state index >= 15 is 0 Å². The lowest BCUT2D eigenvalue weighted by molar-refractivity contribution is -0.116. The van der Waals surface area contributed by atoms with E-state index < -0.39 is 10.0 Å². The minimum Gasteiger partial charge on any atom is -0.325 e. The van der Waals surface area contributed by atoms with Crippen LogP contribution in [0.3, 0.4) is 0 Å². The summed E-state index contributed by atoms with van der Waals surface area (Å²) in [4.78, 5) is 16.7. The lowest BCUT2D eigenvalue weighted by atomic mass is 10.1. The molecule has 3 N–H and O–H groups in total. The number of amides is 1. The Morgan fingerprint density at radius 1 is 1.25 bits per heavy atom. The van der Waals surface area contributed by atoms with Crippen molar-refractivity contribution in [3.8, 4) is 0 Å². The maximum absolute atomic E-state index is 12.2. The van der Waals surface area contributed by atoms with Crippen LogP contribution in [-0.4, -0.2) is 35.5 Å². The van der Waals surface area contributed by atoms with E-state index in [0.717, 1.165) is 29.5 Å². The summed E-state index contributed by atoms with van der Waals surface area (Å²) in [5.74, 6) is -0.130. The molecule has 9 heteroatoms. The lowest BCUT2D eigenvalue weighted by Gasteiger charge is -2.07. The summed E-state index contributed by atoms with van der Waals surface area (Å²) in [6.45, 7) is 1.90. The first-order chi connectivity index (χ1) is 13.4. The van der Waals surface area contributed by atoms with Gasteiger partial charge in [0, 0.05) is 23.5 Å². The molecule has 0 unspecified atom stereocenters. The van der Waals surface area contributed by atoms with Crippen LogP contribution < -0.4 is 10.0 Å². The van der Waals surface area contributed by atoms with Crippen LogP contribution in [0.4, 0.5) is 5.69 Å². The highest BCUT2D eigenvalue weighted by molar-refractivity contribution is 7.89. The summed E-state index contributed by atoms with van der Waals surface area (Å²) in [6, 6.07) is 8.57. The maximum atomic E-state index is 12.2. The monoisotopic (exact) mass is 399 g/mol. The molecular weight excluding hydrogens is 378 g/mol. The van der Waals surface area contributed by atoms with E-state index in [2.05, 4.69) is 25.2 Å². The third-order valence-corrected chi connectivity index (χ3v) is 6.19. The van der Waals surface area contributed by atoms with Crippen LogP contribution in [0.25, 0.3) is 11.0 Å². The van der Waals surface area contributed by atoms with Crippen LogP contribution >= 0.6 is 0 Å². The first-order valence-electron chi connectivity index (χ1n) is 9.12. The van der Waals surface area contributed by atoms with E-state index in [-0.39, 0.29) is 23.3 Å². The molecule has 1 aliphatic rings. The minimum absolute atomic E-state index is 0.0768. The number of sulfonamides is 1. The zero-order chi connectivity index (χ0) is 19.7. The van der Waals surface area contributed by atoms with Crippen LogP contribution in [0.5, 0.6) is 0 Å². The van der Waals surface area contributed by atoms with Crippen molar-refractivity contribution in [3.05, 3.63) is 47.8 Å². The van der Waals surface area contributed by atoms with Crippen molar-refractivity contribution in [2.75, 3.05) is 5.32 Å². The van der Waals surface area contributed by atoms with E-state index in [9.17, 15) is 13.2 Å². The molecule has 3 aromatic rings. The van der Waals surface area contributed by atoms with Gasteiger partial charge >= 0.3 is 0 Å². The molecular formula is C19H21N5O3S. The zero-order valence-corrected chi connectivity index (χ0v) is 16.2. The number of hydrogen-bond donors (Lipinski definition) is 3. The van der Waals surface area contributed by atoms with Crippen LogP contribution in [0.15, 0.2) is 41.4 Å². The summed E-state index contributed by atoms with van der Waals surface area (Å²) in [5.41, 5.74) is 3.03. The first kappa shape index (κ1) is 18.6. The van der Waals surface area contributed by atoms with Gasteiger partial charge in [0.15, 0.2) is 5.65 Å². The molecule has 2 heterocycles. The van der Waals surface area contributed by atoms with Gasteiger partial charge in [0.25, 0.3) is 0 Å². The van der Waals surface area contributed by atoms with Gasteiger partial charge in [0.1, 0.15) is 0 Å². The van der Waals surface area contributed by atoms with Crippen molar-refractivity contribution in [2.45, 2.75) is 43.5 Å². The zero-order valence-electron chi connectivity index (χ0n) is 15.4. The second-order valence-electron chi connectivity index (χ2n) is 7.03. The molecule has 1 aromatic carbocycles. The van der Waals surface area contributed by atoms with Gasteiger partial charge in [-0.3, -0.25) is 9.89 Å². The predicted octanol–water partition coefficient (Wildman–Crippen LogP) is 2.28. The number of aromatic nitrogens is 3. The van der Waals surface area contributed by atoms with Crippen LogP contribution in [0.1, 0.15) is 30.5 Å². The molecule has 0 bridgehead atoms. The van der Waals surface area contributed by atoms with Crippen molar-refractivity contribution < 1.29 is 13.2 Å². The number of carbonyl (C=O) groups excluding carboxylic acids is 1. The van der Waals surface area contributed by atoms with Gasteiger partial charge in [-0.2, -0.15) is 5.10 Å². The molecule has 0 radical (unpaired) electrons. The number of H-pyrrole nitrogens is 1. The Labute approximate surface area is 162 Å². The van der Waals surface area contributed by atoms with Crippen LogP contribution in [0.2, 0.25) is 0 Å². The number of pyridine rings is 1. The van der Waals surface area contributed by atoms with Crippen molar-refractivity contribution in [1.82, 2.24) is 19.9 Å². The predicted molar refractivity (Wildman–Crippen MR) is 105 cm³/mol. The Morgan fingerprint density at radius 3 is 2.71 bits per heavy atom. The molecule has 0 spiro atoms. The average Bonchev–Trinajstić information content (AvgIpc) is 3.41. The summed E-state index contributed by atoms with van der Waals surface area (Å²) < 4.78 is 27.0. The molecule has 0 atom stereocenters. The third-order valence-electron chi connectivity index (χ3n) is 4.66. The highest BCUT2D eigenvalue weighted by atomic mass is 32.2. The highest BCUT2D eigenvalue weighted by Crippen LogP contribution is 2.22. The third kappa shape index (κ3) is 4.20. The van der Waals surface area contributed by atoms with Gasteiger partial charge < -0.3 is 5.32 Å². The Morgan fingerprint density at radius 2 is 2.00 bits per heavy atom. The number of nitrogens with zero attached hydrogens (tertiary/aromatic N) is 2. The molecule has 1 aliphatic carbocycles. The number of aryl methyl sites for hydroxylation is 2. The minimum atomic E-state index is -3.45. The summed E-state index contributed by atoms with van der Waals surface area (Å²) >= 11 is 0. The number of nitrogens with one attached hydrogen (secondary N) is 3. The number of fused-ring (bicyclic) bond motifs is 1. The molecule has 1 saturated carbocycles. The molecule has 0 saturated heterocycles. The molecule has 8 nitrogen and oxygen atoms in total. The number of aromatic amines is 1. The van der Waals surface area contributed by atoms with Gasteiger partial charge in [-0.1, -0.05) is 12.1 Å². The number of carbonyl (C=O) groups is 1. The van der Waals surface area contributed by atoms with Gasteiger partial charge in [0.05, 0.1) is 16.8 Å². The summed E-state index contributed by atoms with van der Waals surface area (Å²) in [6.07, 6.45) is 4.18. The fourth-order valence-electron chi connectivity index (χ4n) is 2.89. The van der Waals surface area contributed by atoms with Gasteiger partial charge in [0.2, 0.25) is 15.9 Å². The van der Waals surface area contributed by atoms with E-state index in [1.807, 2.05) is 13.0 Å². The Hall–Kier alpha value is -2.78. The molecule has 2 aromatic heterocycles. The molecule has 4 rings (SSSR count). The first-order valence-corrected chi connectivity index (χ1v) is 10.6. The van der Waals surface area contributed by atoms with Crippen molar-refractivity contribution in [2.24, 2.45) is 0 Å². The van der Waals surface area contributed by atoms with Crippen molar-refractivity contribution >= 4 is 32.7 Å². The van der Waals surface area contributed by atoms with Gasteiger partial charge in [-0.15, -0.1) is 0 Å². The number of benzene rings is 1. The van der Waals surface area contributed by atoms with Crippen LogP contribution in [-0.2, 0) is 21.2 Å². The van der Waals surface area contributed by atoms with Crippen LogP contribution in [0, 0.1) is 6.92 Å². The smallest absolute Gasteiger partial charge is 0.240 e. The molecule has 28 heavy (non-hydrogen) atoms. The fourth-order valence-corrected chi connectivity index (χ4v) is 4.20. The standard InChI is InChI=1S/C19H21N5O3S/c1-12-17-10-15(11-20-19(17)23-22-12)21-18(25)9-4-13-2-7-16(8-3-13)28(26,27)24-14-5-6-14/h2-3,7-8,10-11,14,24H,4-6,9H2,1H3,(H,21,25)(H,20,22,23). The fraction of sp³-hybridized carbons (Fsp3) is 0.316. The maximum Gasteiger partial charge on any atom is 0.240 e. The molecule has 0 aliphatic heterocycles. The summed E-state index contributed by atoms with van der Waals surface area (Å²) in [7, 11) is -3.45. The Balaban J connectivity index is 1.34.